The fourth-order valence-corrected chi connectivity index (χ4v) is 4.81. The molecule has 0 aliphatic heterocycles. The van der Waals surface area contributed by atoms with E-state index in [1.54, 1.807) is 30.3 Å². The van der Waals surface area contributed by atoms with E-state index in [0.717, 1.165) is 20.7 Å². The summed E-state index contributed by atoms with van der Waals surface area (Å²) >= 11 is 8.80. The van der Waals surface area contributed by atoms with Crippen molar-refractivity contribution in [2.75, 3.05) is 16.4 Å². The summed E-state index contributed by atoms with van der Waals surface area (Å²) in [4.78, 5) is 30.1. The number of carbonyl (C=O) groups excluding carboxylic acids is 2. The minimum absolute atomic E-state index is 0.130. The number of hydrogen-bond acceptors (Lipinski definition) is 5. The Bertz CT molecular complexity index is 1270. The third-order valence-corrected chi connectivity index (χ3v) is 6.50. The van der Waals surface area contributed by atoms with Crippen molar-refractivity contribution in [2.45, 2.75) is 11.8 Å². The fraction of sp³-hybridized carbons (Fsp3) is 0.0870. The number of nitrogens with zero attached hydrogens (tertiary/aromatic N) is 1. The second-order valence-corrected chi connectivity index (χ2v) is 9.34. The fourth-order valence-electron chi connectivity index (χ4n) is 2.89. The summed E-state index contributed by atoms with van der Waals surface area (Å²) in [5.41, 5.74) is 3.17. The van der Waals surface area contributed by atoms with Gasteiger partial charge in [-0.1, -0.05) is 41.1 Å². The second kappa shape index (κ2) is 9.51. The van der Waals surface area contributed by atoms with Gasteiger partial charge in [0.15, 0.2) is 5.13 Å². The summed E-state index contributed by atoms with van der Waals surface area (Å²) in [5, 5.41) is 6.81. The van der Waals surface area contributed by atoms with E-state index in [-0.39, 0.29) is 17.6 Å². The standard InChI is InChI=1S/C23H18ClN3O2S2/c1-14-8-9-19-20(10-14)31-23(26-19)27-21(28)13-30-18-7-3-6-17(12-18)25-22(29)15-4-2-5-16(24)11-15/h2-12H,13H2,1H3,(H,25,29)(H,26,27,28). The van der Waals surface area contributed by atoms with Crippen molar-refractivity contribution in [2.24, 2.45) is 0 Å². The molecule has 0 aliphatic carbocycles. The zero-order chi connectivity index (χ0) is 21.8. The molecule has 1 aromatic heterocycles. The Hall–Kier alpha value is -2.87. The molecule has 2 N–H and O–H groups in total. The van der Waals surface area contributed by atoms with Crippen LogP contribution in [0.2, 0.25) is 5.02 Å². The molecule has 0 spiro atoms. The van der Waals surface area contributed by atoms with Crippen LogP contribution < -0.4 is 10.6 Å². The quantitative estimate of drug-likeness (QED) is 0.329. The van der Waals surface area contributed by atoms with Crippen LogP contribution in [0.3, 0.4) is 0 Å². The average Bonchev–Trinajstić information content (AvgIpc) is 3.13. The van der Waals surface area contributed by atoms with Crippen molar-refractivity contribution < 1.29 is 9.59 Å². The summed E-state index contributed by atoms with van der Waals surface area (Å²) in [6.45, 7) is 2.03. The van der Waals surface area contributed by atoms with Crippen LogP contribution in [-0.2, 0) is 4.79 Å². The van der Waals surface area contributed by atoms with Gasteiger partial charge in [-0.2, -0.15) is 0 Å². The van der Waals surface area contributed by atoms with Crippen molar-refractivity contribution in [3.63, 3.8) is 0 Å². The molecule has 0 unspecified atom stereocenters. The maximum atomic E-state index is 12.4. The van der Waals surface area contributed by atoms with Gasteiger partial charge in [-0.05, 0) is 61.0 Å². The van der Waals surface area contributed by atoms with Gasteiger partial charge < -0.3 is 10.6 Å². The first-order chi connectivity index (χ1) is 15.0. The second-order valence-electron chi connectivity index (χ2n) is 6.82. The predicted octanol–water partition coefficient (Wildman–Crippen LogP) is 6.24. The minimum atomic E-state index is -0.242. The van der Waals surface area contributed by atoms with Crippen LogP contribution in [0.15, 0.2) is 71.6 Å². The predicted molar refractivity (Wildman–Crippen MR) is 130 cm³/mol. The van der Waals surface area contributed by atoms with Gasteiger partial charge in [0, 0.05) is 21.2 Å². The molecule has 0 fully saturated rings. The molecular weight excluding hydrogens is 450 g/mol. The van der Waals surface area contributed by atoms with Gasteiger partial charge in [0.25, 0.3) is 5.91 Å². The average molecular weight is 468 g/mol. The number of thioether (sulfide) groups is 1. The third kappa shape index (κ3) is 5.64. The van der Waals surface area contributed by atoms with Crippen LogP contribution in [0.4, 0.5) is 10.8 Å². The van der Waals surface area contributed by atoms with Crippen molar-refractivity contribution in [3.05, 3.63) is 82.9 Å². The highest BCUT2D eigenvalue weighted by Gasteiger charge is 2.10. The number of rotatable bonds is 6. The Morgan fingerprint density at radius 3 is 2.71 bits per heavy atom. The Morgan fingerprint density at radius 2 is 1.87 bits per heavy atom. The van der Waals surface area contributed by atoms with Crippen molar-refractivity contribution >= 4 is 67.5 Å². The molecule has 4 rings (SSSR count). The number of benzene rings is 3. The van der Waals surface area contributed by atoms with Gasteiger partial charge in [-0.25, -0.2) is 4.98 Å². The first kappa shape index (κ1) is 21.4. The zero-order valence-corrected chi connectivity index (χ0v) is 18.9. The van der Waals surface area contributed by atoms with Crippen LogP contribution in [0, 0.1) is 6.92 Å². The Labute approximate surface area is 192 Å². The lowest BCUT2D eigenvalue weighted by molar-refractivity contribution is -0.113. The molecule has 1 heterocycles. The largest absolute Gasteiger partial charge is 0.322 e. The van der Waals surface area contributed by atoms with E-state index >= 15 is 0 Å². The third-order valence-electron chi connectivity index (χ3n) is 4.34. The topological polar surface area (TPSA) is 71.1 Å². The number of thiazole rings is 1. The van der Waals surface area contributed by atoms with E-state index in [9.17, 15) is 9.59 Å². The molecule has 8 heteroatoms. The molecule has 2 amide bonds. The molecule has 0 bridgehead atoms. The van der Waals surface area contributed by atoms with E-state index in [0.29, 0.717) is 21.4 Å². The van der Waals surface area contributed by atoms with E-state index in [1.165, 1.54) is 23.1 Å². The van der Waals surface area contributed by atoms with E-state index in [4.69, 9.17) is 11.6 Å². The SMILES string of the molecule is Cc1ccc2nc(NC(=O)CSc3cccc(NC(=O)c4cccc(Cl)c4)c3)sc2c1. The van der Waals surface area contributed by atoms with Crippen molar-refractivity contribution in [1.29, 1.82) is 0 Å². The Kier molecular flexibility index (Phi) is 6.56. The number of fused-ring (bicyclic) bond motifs is 1. The molecule has 0 atom stereocenters. The number of aryl methyl sites for hydroxylation is 1. The maximum Gasteiger partial charge on any atom is 0.255 e. The highest BCUT2D eigenvalue weighted by molar-refractivity contribution is 8.00. The summed E-state index contributed by atoms with van der Waals surface area (Å²) in [5.74, 6) is -0.136. The smallest absolute Gasteiger partial charge is 0.255 e. The molecule has 5 nitrogen and oxygen atoms in total. The van der Waals surface area contributed by atoms with E-state index in [2.05, 4.69) is 21.7 Å². The van der Waals surface area contributed by atoms with Crippen LogP contribution in [0.1, 0.15) is 15.9 Å². The minimum Gasteiger partial charge on any atom is -0.322 e. The normalized spacial score (nSPS) is 10.8. The number of carbonyl (C=O) groups is 2. The molecule has 31 heavy (non-hydrogen) atoms. The summed E-state index contributed by atoms with van der Waals surface area (Å²) in [6.07, 6.45) is 0. The van der Waals surface area contributed by atoms with Gasteiger partial charge in [-0.3, -0.25) is 9.59 Å². The number of anilines is 2. The van der Waals surface area contributed by atoms with Crippen molar-refractivity contribution in [1.82, 2.24) is 4.98 Å². The van der Waals surface area contributed by atoms with Gasteiger partial charge in [0.2, 0.25) is 5.91 Å². The summed E-state index contributed by atoms with van der Waals surface area (Å²) in [7, 11) is 0. The monoisotopic (exact) mass is 467 g/mol. The first-order valence-electron chi connectivity index (χ1n) is 9.43. The summed E-state index contributed by atoms with van der Waals surface area (Å²) < 4.78 is 1.05. The number of amides is 2. The lowest BCUT2D eigenvalue weighted by atomic mass is 10.2. The molecule has 0 aliphatic rings. The number of aromatic nitrogens is 1. The lowest BCUT2D eigenvalue weighted by Crippen LogP contribution is -2.14. The molecule has 0 saturated heterocycles. The van der Waals surface area contributed by atoms with Crippen LogP contribution in [0.5, 0.6) is 0 Å². The van der Waals surface area contributed by atoms with E-state index in [1.807, 2.05) is 37.3 Å². The summed E-state index contributed by atoms with van der Waals surface area (Å²) in [6, 6.07) is 20.1. The van der Waals surface area contributed by atoms with Gasteiger partial charge in [-0.15, -0.1) is 11.8 Å². The Balaban J connectivity index is 1.35. The molecule has 0 saturated carbocycles. The molecule has 3 aromatic carbocycles. The number of halogens is 1. The lowest BCUT2D eigenvalue weighted by Gasteiger charge is -2.08. The molecule has 156 valence electrons. The maximum absolute atomic E-state index is 12.4. The van der Waals surface area contributed by atoms with Crippen LogP contribution in [0.25, 0.3) is 10.2 Å². The van der Waals surface area contributed by atoms with Gasteiger partial charge in [0.1, 0.15) is 0 Å². The zero-order valence-electron chi connectivity index (χ0n) is 16.5. The first-order valence-corrected chi connectivity index (χ1v) is 11.6. The molecular formula is C23H18ClN3O2S2. The Morgan fingerprint density at radius 1 is 1.03 bits per heavy atom. The molecule has 4 aromatic rings. The van der Waals surface area contributed by atoms with E-state index < -0.39 is 0 Å². The van der Waals surface area contributed by atoms with Crippen LogP contribution in [-0.4, -0.2) is 22.6 Å². The molecule has 0 radical (unpaired) electrons. The number of nitrogens with one attached hydrogen (secondary N) is 2. The van der Waals surface area contributed by atoms with Crippen molar-refractivity contribution in [3.8, 4) is 0 Å². The highest BCUT2D eigenvalue weighted by Crippen LogP contribution is 2.27. The van der Waals surface area contributed by atoms with Gasteiger partial charge >= 0.3 is 0 Å². The number of hydrogen-bond donors (Lipinski definition) is 2. The van der Waals surface area contributed by atoms with Crippen LogP contribution >= 0.6 is 34.7 Å². The highest BCUT2D eigenvalue weighted by atomic mass is 35.5. The van der Waals surface area contributed by atoms with Gasteiger partial charge in [0.05, 0.1) is 16.0 Å².